The maximum absolute atomic E-state index is 4.55. The summed E-state index contributed by atoms with van der Waals surface area (Å²) in [7, 11) is 0. The molecule has 0 aromatic heterocycles. The van der Waals surface area contributed by atoms with Gasteiger partial charge in [-0.05, 0) is 25.0 Å². The van der Waals surface area contributed by atoms with Gasteiger partial charge in [-0.25, -0.2) is 0 Å². The summed E-state index contributed by atoms with van der Waals surface area (Å²) < 4.78 is 0. The highest BCUT2D eigenvalue weighted by Gasteiger charge is 2.07. The van der Waals surface area contributed by atoms with Crippen molar-refractivity contribution in [1.82, 2.24) is 0 Å². The van der Waals surface area contributed by atoms with Gasteiger partial charge in [0.1, 0.15) is 11.9 Å². The van der Waals surface area contributed by atoms with Crippen LogP contribution in [0.5, 0.6) is 0 Å². The number of hydrogen-bond donors (Lipinski definition) is 0. The fraction of sp³-hybridized carbons (Fsp3) is 0.600. The predicted molar refractivity (Wildman–Crippen MR) is 26.5 cm³/mol. The van der Waals surface area contributed by atoms with E-state index in [1.54, 1.807) is 6.92 Å². The van der Waals surface area contributed by atoms with E-state index in [0.29, 0.717) is 0 Å². The Morgan fingerprint density at radius 1 is 1.62 bits per heavy atom. The van der Waals surface area contributed by atoms with Crippen molar-refractivity contribution in [2.45, 2.75) is 20.0 Å². The second-order valence-electron chi connectivity index (χ2n) is 1.73. The van der Waals surface area contributed by atoms with Crippen molar-refractivity contribution < 1.29 is 14.8 Å². The van der Waals surface area contributed by atoms with Crippen LogP contribution in [0, 0.1) is 0 Å². The molecule has 1 heterocycles. The van der Waals surface area contributed by atoms with Crippen LogP contribution in [-0.4, -0.2) is 6.10 Å². The van der Waals surface area contributed by atoms with Crippen LogP contribution in [0.1, 0.15) is 13.8 Å². The first-order valence-corrected chi connectivity index (χ1v) is 2.47. The fourth-order valence-electron chi connectivity index (χ4n) is 0.521. The molecular formula is C5H8O3. The lowest BCUT2D eigenvalue weighted by Crippen LogP contribution is -2.12. The van der Waals surface area contributed by atoms with E-state index in [4.69, 9.17) is 0 Å². The number of rotatable bonds is 0. The highest BCUT2D eigenvalue weighted by atomic mass is 17.5. The summed E-state index contributed by atoms with van der Waals surface area (Å²) >= 11 is 0. The van der Waals surface area contributed by atoms with Crippen LogP contribution in [0.3, 0.4) is 0 Å². The zero-order chi connectivity index (χ0) is 5.98. The maximum Gasteiger partial charge on any atom is 0.141 e. The van der Waals surface area contributed by atoms with Crippen LogP contribution >= 0.6 is 0 Å². The van der Waals surface area contributed by atoms with Gasteiger partial charge in [-0.2, -0.15) is 4.89 Å². The molecule has 0 bridgehead atoms. The average Bonchev–Trinajstić information content (AvgIpc) is 1.64. The average molecular weight is 116 g/mol. The molecule has 0 radical (unpaired) electrons. The van der Waals surface area contributed by atoms with Gasteiger partial charge in [0, 0.05) is 0 Å². The molecule has 46 valence electrons. The van der Waals surface area contributed by atoms with Gasteiger partial charge >= 0.3 is 0 Å². The van der Waals surface area contributed by atoms with Crippen LogP contribution in [0.25, 0.3) is 0 Å². The van der Waals surface area contributed by atoms with Crippen molar-refractivity contribution in [3.63, 3.8) is 0 Å². The van der Waals surface area contributed by atoms with Crippen LogP contribution in [0.15, 0.2) is 11.8 Å². The highest BCUT2D eigenvalue weighted by molar-refractivity contribution is 4.92. The summed E-state index contributed by atoms with van der Waals surface area (Å²) in [6.07, 6.45) is 1.83. The SMILES string of the molecule is CC1=CC(C)OOO1. The molecule has 0 amide bonds. The van der Waals surface area contributed by atoms with Crippen molar-refractivity contribution in [2.75, 3.05) is 0 Å². The Labute approximate surface area is 47.7 Å². The second kappa shape index (κ2) is 2.15. The molecule has 0 spiro atoms. The normalized spacial score (nSPS) is 28.8. The van der Waals surface area contributed by atoms with E-state index in [0.717, 1.165) is 5.76 Å². The molecule has 3 nitrogen and oxygen atoms in total. The van der Waals surface area contributed by atoms with Crippen molar-refractivity contribution in [3.8, 4) is 0 Å². The van der Waals surface area contributed by atoms with E-state index < -0.39 is 0 Å². The molecule has 0 aliphatic carbocycles. The Bertz CT molecular complexity index is 108. The molecule has 1 rings (SSSR count). The van der Waals surface area contributed by atoms with Crippen LogP contribution in [0.4, 0.5) is 0 Å². The number of hydrogen-bond acceptors (Lipinski definition) is 3. The van der Waals surface area contributed by atoms with Crippen LogP contribution in [0.2, 0.25) is 0 Å². The molecule has 8 heavy (non-hydrogen) atoms. The number of allylic oxidation sites excluding steroid dienone is 1. The fourth-order valence-corrected chi connectivity index (χ4v) is 0.521. The standard InChI is InChI=1S/C5H8O3/c1-4-3-5(2)7-8-6-4/h3-4H,1-2H3. The molecule has 1 unspecified atom stereocenters. The van der Waals surface area contributed by atoms with Gasteiger partial charge < -0.3 is 4.89 Å². The molecule has 1 atom stereocenters. The van der Waals surface area contributed by atoms with E-state index in [1.165, 1.54) is 0 Å². The maximum atomic E-state index is 4.55. The van der Waals surface area contributed by atoms with Gasteiger partial charge in [-0.1, -0.05) is 0 Å². The Morgan fingerprint density at radius 3 is 2.75 bits per heavy atom. The smallest absolute Gasteiger partial charge is 0.141 e. The summed E-state index contributed by atoms with van der Waals surface area (Å²) in [6.45, 7) is 3.67. The summed E-state index contributed by atoms with van der Waals surface area (Å²) in [6, 6.07) is 0. The molecular weight excluding hydrogens is 108 g/mol. The molecule has 0 N–H and O–H groups in total. The molecule has 1 aliphatic rings. The minimum atomic E-state index is 0.00347. The van der Waals surface area contributed by atoms with Gasteiger partial charge in [0.25, 0.3) is 0 Å². The van der Waals surface area contributed by atoms with Crippen molar-refractivity contribution >= 4 is 0 Å². The monoisotopic (exact) mass is 116 g/mol. The molecule has 0 saturated carbocycles. The lowest BCUT2D eigenvalue weighted by Gasteiger charge is -2.12. The van der Waals surface area contributed by atoms with Gasteiger partial charge in [-0.3, -0.25) is 0 Å². The van der Waals surface area contributed by atoms with Gasteiger partial charge in [0.05, 0.1) is 0 Å². The third kappa shape index (κ3) is 1.21. The quantitative estimate of drug-likeness (QED) is 0.444. The van der Waals surface area contributed by atoms with E-state index in [1.807, 2.05) is 13.0 Å². The summed E-state index contributed by atoms with van der Waals surface area (Å²) in [4.78, 5) is 9.04. The lowest BCUT2D eigenvalue weighted by atomic mass is 10.3. The molecule has 1 aliphatic heterocycles. The Morgan fingerprint density at radius 2 is 2.38 bits per heavy atom. The lowest BCUT2D eigenvalue weighted by molar-refractivity contribution is -0.514. The topological polar surface area (TPSA) is 27.7 Å². The van der Waals surface area contributed by atoms with Gasteiger partial charge in [-0.15, -0.1) is 0 Å². The van der Waals surface area contributed by atoms with Crippen LogP contribution in [-0.2, 0) is 14.8 Å². The van der Waals surface area contributed by atoms with Crippen molar-refractivity contribution in [3.05, 3.63) is 11.8 Å². The van der Waals surface area contributed by atoms with Gasteiger partial charge in [0.2, 0.25) is 0 Å². The van der Waals surface area contributed by atoms with E-state index >= 15 is 0 Å². The summed E-state index contributed by atoms with van der Waals surface area (Å²) in [5, 5.41) is 4.23. The molecule has 0 aromatic carbocycles. The third-order valence-electron chi connectivity index (χ3n) is 0.826. The Balaban J connectivity index is 2.50. The second-order valence-corrected chi connectivity index (χ2v) is 1.73. The first kappa shape index (κ1) is 5.59. The molecule has 0 aromatic rings. The van der Waals surface area contributed by atoms with Gasteiger partial charge in [0.15, 0.2) is 0 Å². The van der Waals surface area contributed by atoms with Crippen LogP contribution < -0.4 is 0 Å². The Hall–Kier alpha value is -0.540. The van der Waals surface area contributed by atoms with E-state index in [2.05, 4.69) is 14.8 Å². The molecule has 3 heteroatoms. The first-order valence-electron chi connectivity index (χ1n) is 2.47. The minimum absolute atomic E-state index is 0.00347. The molecule has 0 fully saturated rings. The van der Waals surface area contributed by atoms with Crippen molar-refractivity contribution in [1.29, 1.82) is 0 Å². The van der Waals surface area contributed by atoms with E-state index in [9.17, 15) is 0 Å². The minimum Gasteiger partial charge on any atom is -0.313 e. The Kier molecular flexibility index (Phi) is 1.50. The van der Waals surface area contributed by atoms with E-state index in [-0.39, 0.29) is 6.10 Å². The predicted octanol–water partition coefficient (Wildman–Crippen LogP) is 1.17. The third-order valence-corrected chi connectivity index (χ3v) is 0.826. The first-order chi connectivity index (χ1) is 3.79. The largest absolute Gasteiger partial charge is 0.313 e. The highest BCUT2D eigenvalue weighted by Crippen LogP contribution is 2.08. The zero-order valence-electron chi connectivity index (χ0n) is 4.88. The molecule has 0 saturated heterocycles. The summed E-state index contributed by atoms with van der Waals surface area (Å²) in [5.41, 5.74) is 0. The zero-order valence-corrected chi connectivity index (χ0v) is 4.88. The van der Waals surface area contributed by atoms with Crippen molar-refractivity contribution in [2.24, 2.45) is 0 Å². The summed E-state index contributed by atoms with van der Waals surface area (Å²) in [5.74, 6) is 0.740.